The number of hydrogen-bond donors (Lipinski definition) is 1. The largest absolute Gasteiger partial charge is 0.354 e. The number of anilines is 1. The molecule has 152 valence electrons. The Morgan fingerprint density at radius 1 is 1.07 bits per heavy atom. The number of amides is 1. The molecular weight excluding hydrogens is 463 g/mol. The van der Waals surface area contributed by atoms with Crippen molar-refractivity contribution >= 4 is 68.2 Å². The molecule has 2 aromatic rings. The Morgan fingerprint density at radius 2 is 1.68 bits per heavy atom. The zero-order valence-corrected chi connectivity index (χ0v) is 18.9. The molecule has 2 rings (SSSR count). The van der Waals surface area contributed by atoms with Gasteiger partial charge in [0.05, 0.1) is 11.9 Å². The van der Waals surface area contributed by atoms with Crippen molar-refractivity contribution in [2.45, 2.75) is 5.75 Å². The van der Waals surface area contributed by atoms with Crippen molar-refractivity contribution < 1.29 is 13.2 Å². The fourth-order valence-electron chi connectivity index (χ4n) is 2.30. The molecule has 0 aliphatic heterocycles. The number of sulfonamides is 1. The first kappa shape index (κ1) is 23.2. The summed E-state index contributed by atoms with van der Waals surface area (Å²) in [4.78, 5) is 12.2. The highest BCUT2D eigenvalue weighted by Crippen LogP contribution is 2.28. The van der Waals surface area contributed by atoms with Crippen LogP contribution < -0.4 is 9.62 Å². The topological polar surface area (TPSA) is 66.5 Å². The number of benzene rings is 2. The zero-order chi connectivity index (χ0) is 20.7. The number of halogens is 3. The van der Waals surface area contributed by atoms with Gasteiger partial charge in [-0.3, -0.25) is 9.10 Å². The first-order valence-corrected chi connectivity index (χ1v) is 12.3. The van der Waals surface area contributed by atoms with Gasteiger partial charge in [-0.2, -0.15) is 11.8 Å². The van der Waals surface area contributed by atoms with Gasteiger partial charge in [-0.15, -0.1) is 0 Å². The van der Waals surface area contributed by atoms with Gasteiger partial charge in [0.2, 0.25) is 15.9 Å². The van der Waals surface area contributed by atoms with Crippen molar-refractivity contribution in [2.75, 3.05) is 29.4 Å². The molecular formula is C18H19Cl3N2O3S2. The molecule has 1 N–H and O–H groups in total. The van der Waals surface area contributed by atoms with Crippen LogP contribution in [0.3, 0.4) is 0 Å². The van der Waals surface area contributed by atoms with E-state index in [0.717, 1.165) is 16.1 Å². The van der Waals surface area contributed by atoms with Crippen LogP contribution >= 0.6 is 46.6 Å². The maximum atomic E-state index is 12.2. The number of nitrogens with one attached hydrogen (secondary N) is 1. The minimum Gasteiger partial charge on any atom is -0.354 e. The van der Waals surface area contributed by atoms with Crippen LogP contribution in [0.5, 0.6) is 0 Å². The minimum absolute atomic E-state index is 0.304. The number of rotatable bonds is 9. The summed E-state index contributed by atoms with van der Waals surface area (Å²) in [6.07, 6.45) is 1.05. The molecule has 0 heterocycles. The Morgan fingerprint density at radius 3 is 2.25 bits per heavy atom. The summed E-state index contributed by atoms with van der Waals surface area (Å²) >= 11 is 19.6. The summed E-state index contributed by atoms with van der Waals surface area (Å²) in [6.45, 7) is 0.0886. The van der Waals surface area contributed by atoms with E-state index < -0.39 is 15.9 Å². The second-order valence-corrected chi connectivity index (χ2v) is 10.1. The van der Waals surface area contributed by atoms with Gasteiger partial charge in [-0.05, 0) is 42.0 Å². The van der Waals surface area contributed by atoms with E-state index in [1.165, 1.54) is 0 Å². The first-order valence-electron chi connectivity index (χ1n) is 8.19. The predicted molar refractivity (Wildman–Crippen MR) is 119 cm³/mol. The van der Waals surface area contributed by atoms with Crippen molar-refractivity contribution in [1.82, 2.24) is 5.32 Å². The van der Waals surface area contributed by atoms with Gasteiger partial charge in [-0.25, -0.2) is 8.42 Å². The standard InChI is InChI=1S/C18H19Cl3N2O3S2/c1-28(25,26)23(14-7-5-13(19)6-8-14)11-18(24)22-9-10-27-12-15-16(20)3-2-4-17(15)21/h2-8H,9-12H2,1H3,(H,22,24). The SMILES string of the molecule is CS(=O)(=O)N(CC(=O)NCCSCc1c(Cl)cccc1Cl)c1ccc(Cl)cc1. The average Bonchev–Trinajstić information content (AvgIpc) is 2.61. The first-order chi connectivity index (χ1) is 13.2. The lowest BCUT2D eigenvalue weighted by molar-refractivity contribution is -0.119. The number of carbonyl (C=O) groups is 1. The number of nitrogens with zero attached hydrogens (tertiary/aromatic N) is 1. The normalized spacial score (nSPS) is 11.3. The Kier molecular flexibility index (Phi) is 8.77. The molecule has 0 bridgehead atoms. The van der Waals surface area contributed by atoms with Gasteiger partial charge in [0.25, 0.3) is 0 Å². The Bertz CT molecular complexity index is 902. The second kappa shape index (κ2) is 10.6. The summed E-state index contributed by atoms with van der Waals surface area (Å²) in [7, 11) is -3.61. The highest BCUT2D eigenvalue weighted by Gasteiger charge is 2.20. The fraction of sp³-hybridized carbons (Fsp3) is 0.278. The summed E-state index contributed by atoms with van der Waals surface area (Å²) in [6, 6.07) is 11.6. The lowest BCUT2D eigenvalue weighted by Crippen LogP contribution is -2.41. The number of hydrogen-bond acceptors (Lipinski definition) is 4. The molecule has 0 atom stereocenters. The highest BCUT2D eigenvalue weighted by atomic mass is 35.5. The lowest BCUT2D eigenvalue weighted by atomic mass is 10.2. The number of carbonyl (C=O) groups excluding carboxylic acids is 1. The van der Waals surface area contributed by atoms with Crippen LogP contribution in [-0.4, -0.2) is 39.4 Å². The molecule has 0 aliphatic carbocycles. The highest BCUT2D eigenvalue weighted by molar-refractivity contribution is 7.98. The van der Waals surface area contributed by atoms with Crippen LogP contribution in [0.1, 0.15) is 5.56 Å². The van der Waals surface area contributed by atoms with E-state index in [-0.39, 0.29) is 6.54 Å². The van der Waals surface area contributed by atoms with E-state index >= 15 is 0 Å². The van der Waals surface area contributed by atoms with E-state index in [1.807, 2.05) is 0 Å². The Balaban J connectivity index is 1.84. The summed E-state index contributed by atoms with van der Waals surface area (Å²) in [5.41, 5.74) is 1.23. The summed E-state index contributed by atoms with van der Waals surface area (Å²) in [5.74, 6) is 0.860. The maximum absolute atomic E-state index is 12.2. The van der Waals surface area contributed by atoms with Crippen molar-refractivity contribution in [3.05, 3.63) is 63.1 Å². The quantitative estimate of drug-likeness (QED) is 0.537. The van der Waals surface area contributed by atoms with E-state index in [9.17, 15) is 13.2 Å². The third kappa shape index (κ3) is 7.04. The van der Waals surface area contributed by atoms with Gasteiger partial charge < -0.3 is 5.32 Å². The van der Waals surface area contributed by atoms with Gasteiger partial charge in [0, 0.05) is 33.1 Å². The van der Waals surface area contributed by atoms with Crippen LogP contribution in [0.15, 0.2) is 42.5 Å². The molecule has 0 aliphatic rings. The van der Waals surface area contributed by atoms with Gasteiger partial charge in [0.15, 0.2) is 0 Å². The van der Waals surface area contributed by atoms with Crippen molar-refractivity contribution in [2.24, 2.45) is 0 Å². The molecule has 28 heavy (non-hydrogen) atoms. The minimum atomic E-state index is -3.61. The van der Waals surface area contributed by atoms with Gasteiger partial charge in [-0.1, -0.05) is 40.9 Å². The maximum Gasteiger partial charge on any atom is 0.240 e. The molecule has 0 unspecified atom stereocenters. The van der Waals surface area contributed by atoms with Crippen LogP contribution in [-0.2, 0) is 20.6 Å². The molecule has 5 nitrogen and oxygen atoms in total. The summed E-state index contributed by atoms with van der Waals surface area (Å²) < 4.78 is 25.1. The smallest absolute Gasteiger partial charge is 0.240 e. The van der Waals surface area contributed by atoms with Crippen LogP contribution in [0.25, 0.3) is 0 Å². The summed E-state index contributed by atoms with van der Waals surface area (Å²) in [5, 5.41) is 4.42. The van der Waals surface area contributed by atoms with Gasteiger partial charge >= 0.3 is 0 Å². The van der Waals surface area contributed by atoms with E-state index in [1.54, 1.807) is 54.2 Å². The third-order valence-electron chi connectivity index (χ3n) is 3.68. The molecule has 0 saturated carbocycles. The lowest BCUT2D eigenvalue weighted by Gasteiger charge is -2.21. The van der Waals surface area contributed by atoms with Gasteiger partial charge in [0.1, 0.15) is 6.54 Å². The zero-order valence-electron chi connectivity index (χ0n) is 15.0. The molecule has 0 aromatic heterocycles. The monoisotopic (exact) mass is 480 g/mol. The van der Waals surface area contributed by atoms with E-state index in [2.05, 4.69) is 5.32 Å². The van der Waals surface area contributed by atoms with Crippen molar-refractivity contribution in [3.8, 4) is 0 Å². The van der Waals surface area contributed by atoms with Crippen LogP contribution in [0.4, 0.5) is 5.69 Å². The van der Waals surface area contributed by atoms with E-state index in [0.29, 0.717) is 38.8 Å². The van der Waals surface area contributed by atoms with Crippen molar-refractivity contribution in [3.63, 3.8) is 0 Å². The molecule has 1 amide bonds. The molecule has 0 saturated heterocycles. The Hall–Kier alpha value is -1.12. The average molecular weight is 482 g/mol. The molecule has 2 aromatic carbocycles. The van der Waals surface area contributed by atoms with Crippen LogP contribution in [0.2, 0.25) is 15.1 Å². The Labute approximate surface area is 184 Å². The molecule has 10 heteroatoms. The van der Waals surface area contributed by atoms with E-state index in [4.69, 9.17) is 34.8 Å². The van der Waals surface area contributed by atoms with Crippen LogP contribution in [0, 0.1) is 0 Å². The molecule has 0 fully saturated rings. The second-order valence-electron chi connectivity index (χ2n) is 5.85. The molecule has 0 spiro atoms. The predicted octanol–water partition coefficient (Wildman–Crippen LogP) is 4.46. The molecule has 0 radical (unpaired) electrons. The third-order valence-corrected chi connectivity index (χ3v) is 6.77. The van der Waals surface area contributed by atoms with Crippen molar-refractivity contribution in [1.29, 1.82) is 0 Å². The fourth-order valence-corrected chi connectivity index (χ4v) is 4.88. The number of thioether (sulfide) groups is 1.